The molecule has 1 aliphatic rings. The van der Waals surface area contributed by atoms with Gasteiger partial charge in [-0.3, -0.25) is 10.00 Å². The zero-order valence-corrected chi connectivity index (χ0v) is 12.2. The average Bonchev–Trinajstić information content (AvgIpc) is 3.04. The van der Waals surface area contributed by atoms with Gasteiger partial charge >= 0.3 is 6.03 Å². The van der Waals surface area contributed by atoms with Crippen LogP contribution in [0.4, 0.5) is 16.2 Å². The molecular weight excluding hydrogens is 266 g/mol. The van der Waals surface area contributed by atoms with Crippen molar-refractivity contribution >= 4 is 17.4 Å². The molecule has 110 valence electrons. The van der Waals surface area contributed by atoms with E-state index in [9.17, 15) is 4.79 Å². The van der Waals surface area contributed by atoms with Crippen LogP contribution in [0.1, 0.15) is 17.0 Å². The second-order valence-electron chi connectivity index (χ2n) is 5.20. The number of carbonyl (C=O) groups excluding carboxylic acids is 1. The molecule has 1 aliphatic heterocycles. The molecule has 0 aliphatic carbocycles. The summed E-state index contributed by atoms with van der Waals surface area (Å²) in [5.41, 5.74) is 5.25. The number of hydrogen-bond donors (Lipinski definition) is 3. The first-order chi connectivity index (χ1) is 10.1. The minimum Gasteiger partial charge on any atom is -0.381 e. The minimum atomic E-state index is -0.0274. The Kier molecular flexibility index (Phi) is 3.51. The first-order valence-corrected chi connectivity index (χ1v) is 7.05. The van der Waals surface area contributed by atoms with Crippen LogP contribution in [0.5, 0.6) is 0 Å². The van der Waals surface area contributed by atoms with Crippen LogP contribution in [0.2, 0.25) is 0 Å². The Labute approximate surface area is 123 Å². The molecule has 1 aromatic heterocycles. The number of aromatic amines is 1. The lowest BCUT2D eigenvalue weighted by molar-refractivity contribution is 0.252. The van der Waals surface area contributed by atoms with Crippen molar-refractivity contribution < 1.29 is 4.79 Å². The monoisotopic (exact) mass is 285 g/mol. The van der Waals surface area contributed by atoms with E-state index < -0.39 is 0 Å². The molecule has 2 heterocycles. The van der Waals surface area contributed by atoms with Gasteiger partial charge in [0.25, 0.3) is 0 Å². The highest BCUT2D eigenvalue weighted by Crippen LogP contribution is 2.20. The Morgan fingerprint density at radius 3 is 2.62 bits per heavy atom. The summed E-state index contributed by atoms with van der Waals surface area (Å²) in [5, 5.41) is 13.3. The second-order valence-corrected chi connectivity index (χ2v) is 5.20. The summed E-state index contributed by atoms with van der Waals surface area (Å²) >= 11 is 0. The maximum absolute atomic E-state index is 11.6. The number of anilines is 2. The quantitative estimate of drug-likeness (QED) is 0.806. The molecule has 6 heteroatoms. The molecule has 2 amide bonds. The number of amides is 2. The molecule has 0 spiro atoms. The molecule has 0 bridgehead atoms. The van der Waals surface area contributed by atoms with Crippen molar-refractivity contribution in [2.75, 3.05) is 23.3 Å². The first-order valence-electron chi connectivity index (χ1n) is 7.05. The number of urea groups is 1. The first kappa shape index (κ1) is 13.5. The highest BCUT2D eigenvalue weighted by Gasteiger charge is 2.20. The Bertz CT molecular complexity index is 627. The van der Waals surface area contributed by atoms with E-state index in [2.05, 4.69) is 20.8 Å². The number of aryl methyl sites for hydroxylation is 2. The highest BCUT2D eigenvalue weighted by atomic mass is 16.2. The van der Waals surface area contributed by atoms with Gasteiger partial charge in [0.2, 0.25) is 0 Å². The zero-order valence-electron chi connectivity index (χ0n) is 12.2. The third-order valence-electron chi connectivity index (χ3n) is 3.79. The van der Waals surface area contributed by atoms with Gasteiger partial charge in [-0.1, -0.05) is 0 Å². The Morgan fingerprint density at radius 1 is 1.29 bits per heavy atom. The van der Waals surface area contributed by atoms with Crippen molar-refractivity contribution in [1.29, 1.82) is 0 Å². The van der Waals surface area contributed by atoms with Gasteiger partial charge in [0.1, 0.15) is 0 Å². The van der Waals surface area contributed by atoms with Crippen LogP contribution < -0.4 is 15.5 Å². The minimum absolute atomic E-state index is 0.0274. The van der Waals surface area contributed by atoms with Gasteiger partial charge in [-0.2, -0.15) is 5.10 Å². The van der Waals surface area contributed by atoms with Gasteiger partial charge < -0.3 is 10.6 Å². The molecule has 6 nitrogen and oxygen atoms in total. The van der Waals surface area contributed by atoms with Crippen molar-refractivity contribution in [1.82, 2.24) is 15.5 Å². The Balaban J connectivity index is 1.66. The van der Waals surface area contributed by atoms with Crippen molar-refractivity contribution in [2.24, 2.45) is 0 Å². The van der Waals surface area contributed by atoms with Crippen LogP contribution in [0.25, 0.3) is 0 Å². The maximum atomic E-state index is 11.6. The number of aromatic nitrogens is 2. The van der Waals surface area contributed by atoms with E-state index in [0.717, 1.165) is 35.9 Å². The average molecular weight is 285 g/mol. The lowest BCUT2D eigenvalue weighted by Crippen LogP contribution is -2.27. The third-order valence-corrected chi connectivity index (χ3v) is 3.79. The van der Waals surface area contributed by atoms with Gasteiger partial charge in [-0.25, -0.2) is 4.79 Å². The number of H-pyrrole nitrogens is 1. The predicted molar refractivity (Wildman–Crippen MR) is 82.6 cm³/mol. The molecule has 3 rings (SSSR count). The van der Waals surface area contributed by atoms with Crippen LogP contribution >= 0.6 is 0 Å². The highest BCUT2D eigenvalue weighted by molar-refractivity contribution is 5.94. The van der Waals surface area contributed by atoms with Gasteiger partial charge in [0.05, 0.1) is 5.69 Å². The van der Waals surface area contributed by atoms with Crippen LogP contribution in [0, 0.1) is 13.8 Å². The maximum Gasteiger partial charge on any atom is 0.321 e. The molecule has 0 saturated carbocycles. The summed E-state index contributed by atoms with van der Waals surface area (Å²) < 4.78 is 0. The summed E-state index contributed by atoms with van der Waals surface area (Å²) in [6, 6.07) is 7.88. The molecule has 3 N–H and O–H groups in total. The van der Waals surface area contributed by atoms with Crippen LogP contribution in [-0.2, 0) is 6.54 Å². The van der Waals surface area contributed by atoms with Gasteiger partial charge in [-0.05, 0) is 38.1 Å². The summed E-state index contributed by atoms with van der Waals surface area (Å²) in [5.74, 6) is 0. The fraction of sp³-hybridized carbons (Fsp3) is 0.333. The van der Waals surface area contributed by atoms with E-state index in [1.54, 1.807) is 4.90 Å². The van der Waals surface area contributed by atoms with Crippen LogP contribution in [0.15, 0.2) is 24.3 Å². The molecule has 21 heavy (non-hydrogen) atoms. The lowest BCUT2D eigenvalue weighted by Gasteiger charge is -2.15. The fourth-order valence-electron chi connectivity index (χ4n) is 2.50. The number of benzene rings is 1. The standard InChI is InChI=1S/C15H19N5O/c1-10-14(11(2)19-18-10)9-17-12-3-5-13(6-4-12)20-8-7-16-15(20)21/h3-6,17H,7-9H2,1-2H3,(H,16,21)(H,18,19). The molecule has 0 radical (unpaired) electrons. The molecular formula is C15H19N5O. The van der Waals surface area contributed by atoms with E-state index in [1.807, 2.05) is 38.1 Å². The second kappa shape index (κ2) is 5.47. The molecule has 1 aromatic carbocycles. The van der Waals surface area contributed by atoms with E-state index in [0.29, 0.717) is 6.54 Å². The van der Waals surface area contributed by atoms with Crippen LogP contribution in [0.3, 0.4) is 0 Å². The number of nitrogens with one attached hydrogen (secondary N) is 3. The fourth-order valence-corrected chi connectivity index (χ4v) is 2.50. The summed E-state index contributed by atoms with van der Waals surface area (Å²) in [4.78, 5) is 13.3. The predicted octanol–water partition coefficient (Wildman–Crippen LogP) is 2.17. The third kappa shape index (κ3) is 2.69. The largest absolute Gasteiger partial charge is 0.381 e. The Hall–Kier alpha value is -2.50. The molecule has 2 aromatic rings. The number of rotatable bonds is 4. The van der Waals surface area contributed by atoms with Crippen molar-refractivity contribution in [2.45, 2.75) is 20.4 Å². The van der Waals surface area contributed by atoms with Crippen LogP contribution in [-0.4, -0.2) is 29.3 Å². The zero-order chi connectivity index (χ0) is 14.8. The SMILES string of the molecule is Cc1n[nH]c(C)c1CNc1ccc(N2CCNC2=O)cc1. The van der Waals surface area contributed by atoms with E-state index in [4.69, 9.17) is 0 Å². The van der Waals surface area contributed by atoms with Gasteiger partial charge in [0.15, 0.2) is 0 Å². The summed E-state index contributed by atoms with van der Waals surface area (Å²) in [7, 11) is 0. The van der Waals surface area contributed by atoms with E-state index >= 15 is 0 Å². The molecule has 0 unspecified atom stereocenters. The summed E-state index contributed by atoms with van der Waals surface area (Å²) in [6.07, 6.45) is 0. The smallest absolute Gasteiger partial charge is 0.321 e. The van der Waals surface area contributed by atoms with Crippen molar-refractivity contribution in [3.63, 3.8) is 0 Å². The van der Waals surface area contributed by atoms with E-state index in [-0.39, 0.29) is 6.03 Å². The molecule has 1 fully saturated rings. The Morgan fingerprint density at radius 2 is 2.05 bits per heavy atom. The van der Waals surface area contributed by atoms with Gasteiger partial charge in [0, 0.05) is 42.3 Å². The van der Waals surface area contributed by atoms with Crippen molar-refractivity contribution in [3.8, 4) is 0 Å². The molecule has 0 atom stereocenters. The van der Waals surface area contributed by atoms with E-state index in [1.165, 1.54) is 5.56 Å². The number of carbonyl (C=O) groups is 1. The molecule has 1 saturated heterocycles. The number of nitrogens with zero attached hydrogens (tertiary/aromatic N) is 2. The normalized spacial score (nSPS) is 14.4. The van der Waals surface area contributed by atoms with Crippen molar-refractivity contribution in [3.05, 3.63) is 41.2 Å². The van der Waals surface area contributed by atoms with Gasteiger partial charge in [-0.15, -0.1) is 0 Å². The number of hydrogen-bond acceptors (Lipinski definition) is 3. The lowest BCUT2D eigenvalue weighted by atomic mass is 10.2. The summed E-state index contributed by atoms with van der Waals surface area (Å²) in [6.45, 7) is 6.18. The topological polar surface area (TPSA) is 73.1 Å².